The van der Waals surface area contributed by atoms with E-state index >= 15 is 0 Å². The lowest BCUT2D eigenvalue weighted by atomic mass is 10.1. The molecule has 2 aromatic rings. The highest BCUT2D eigenvalue weighted by molar-refractivity contribution is 14.0. The molecule has 0 aliphatic heterocycles. The molecule has 1 aromatic carbocycles. The van der Waals surface area contributed by atoms with Crippen molar-refractivity contribution in [1.29, 1.82) is 0 Å². The van der Waals surface area contributed by atoms with Gasteiger partial charge in [-0.1, -0.05) is 24.3 Å². The molecule has 0 saturated heterocycles. The van der Waals surface area contributed by atoms with Crippen molar-refractivity contribution in [1.82, 2.24) is 20.4 Å². The molecule has 1 heterocycles. The van der Waals surface area contributed by atoms with Crippen molar-refractivity contribution < 1.29 is 0 Å². The second-order valence-electron chi connectivity index (χ2n) is 4.75. The van der Waals surface area contributed by atoms with Crippen LogP contribution in [0.25, 0.3) is 0 Å². The minimum atomic E-state index is 0. The fourth-order valence-electron chi connectivity index (χ4n) is 2.09. The summed E-state index contributed by atoms with van der Waals surface area (Å²) in [5, 5.41) is 10.7. The standard InChI is InChI=1S/C16H23N5.HI/c1-3-17-16(18-4-2)19-12-14-7-5-8-15(11-14)13-21-10-6-9-20-21;/h5-11H,3-4,12-13H2,1-2H3,(H2,17,18,19);1H. The quantitative estimate of drug-likeness (QED) is 0.435. The summed E-state index contributed by atoms with van der Waals surface area (Å²) >= 11 is 0. The van der Waals surface area contributed by atoms with E-state index in [-0.39, 0.29) is 24.0 Å². The Hall–Kier alpha value is -1.57. The molecule has 0 unspecified atom stereocenters. The van der Waals surface area contributed by atoms with Gasteiger partial charge in [0.2, 0.25) is 0 Å². The molecule has 120 valence electrons. The van der Waals surface area contributed by atoms with Crippen LogP contribution in [0.3, 0.4) is 0 Å². The van der Waals surface area contributed by atoms with Crippen LogP contribution in [-0.2, 0) is 13.1 Å². The van der Waals surface area contributed by atoms with Gasteiger partial charge in [-0.25, -0.2) is 4.99 Å². The zero-order valence-corrected chi connectivity index (χ0v) is 15.5. The summed E-state index contributed by atoms with van der Waals surface area (Å²) in [6.45, 7) is 7.32. The van der Waals surface area contributed by atoms with Gasteiger partial charge in [0, 0.05) is 25.5 Å². The minimum Gasteiger partial charge on any atom is -0.357 e. The molecule has 0 radical (unpaired) electrons. The second-order valence-corrected chi connectivity index (χ2v) is 4.75. The molecule has 6 heteroatoms. The van der Waals surface area contributed by atoms with E-state index in [2.05, 4.69) is 58.8 Å². The van der Waals surface area contributed by atoms with Crippen LogP contribution in [0.5, 0.6) is 0 Å². The zero-order valence-electron chi connectivity index (χ0n) is 13.1. The van der Waals surface area contributed by atoms with Crippen LogP contribution in [0.4, 0.5) is 0 Å². The highest BCUT2D eigenvalue weighted by Gasteiger charge is 1.99. The number of halogens is 1. The Morgan fingerprint density at radius 2 is 1.86 bits per heavy atom. The van der Waals surface area contributed by atoms with Crippen molar-refractivity contribution in [2.24, 2.45) is 4.99 Å². The highest BCUT2D eigenvalue weighted by Crippen LogP contribution is 2.08. The van der Waals surface area contributed by atoms with Gasteiger partial charge in [0.05, 0.1) is 13.1 Å². The van der Waals surface area contributed by atoms with Gasteiger partial charge in [0.25, 0.3) is 0 Å². The summed E-state index contributed by atoms with van der Waals surface area (Å²) in [5.41, 5.74) is 2.44. The lowest BCUT2D eigenvalue weighted by Gasteiger charge is -2.09. The van der Waals surface area contributed by atoms with Gasteiger partial charge in [0.1, 0.15) is 0 Å². The van der Waals surface area contributed by atoms with Crippen molar-refractivity contribution in [2.45, 2.75) is 26.9 Å². The van der Waals surface area contributed by atoms with Crippen LogP contribution in [-0.4, -0.2) is 28.8 Å². The molecule has 0 amide bonds. The number of rotatable bonds is 6. The largest absolute Gasteiger partial charge is 0.357 e. The van der Waals surface area contributed by atoms with E-state index in [1.54, 1.807) is 6.20 Å². The number of guanidine groups is 1. The fraction of sp³-hybridized carbons (Fsp3) is 0.375. The van der Waals surface area contributed by atoms with Gasteiger partial charge in [0.15, 0.2) is 5.96 Å². The molecule has 1 aromatic heterocycles. The molecule has 0 atom stereocenters. The first-order chi connectivity index (χ1) is 10.3. The Balaban J connectivity index is 0.00000242. The van der Waals surface area contributed by atoms with Crippen LogP contribution in [0, 0.1) is 0 Å². The molecular formula is C16H24IN5. The van der Waals surface area contributed by atoms with Gasteiger partial charge in [-0.2, -0.15) is 5.10 Å². The van der Waals surface area contributed by atoms with Crippen molar-refractivity contribution in [2.75, 3.05) is 13.1 Å². The SMILES string of the molecule is CCNC(=NCc1cccc(Cn2cccn2)c1)NCC.I. The third-order valence-corrected chi connectivity index (χ3v) is 3.00. The number of hydrogen-bond donors (Lipinski definition) is 2. The maximum atomic E-state index is 4.58. The molecular weight excluding hydrogens is 389 g/mol. The smallest absolute Gasteiger partial charge is 0.191 e. The zero-order chi connectivity index (χ0) is 14.9. The fourth-order valence-corrected chi connectivity index (χ4v) is 2.09. The number of aromatic nitrogens is 2. The maximum Gasteiger partial charge on any atom is 0.191 e. The first-order valence-corrected chi connectivity index (χ1v) is 7.39. The van der Waals surface area contributed by atoms with Crippen LogP contribution in [0.15, 0.2) is 47.7 Å². The molecule has 0 saturated carbocycles. The average molecular weight is 413 g/mol. The Kier molecular flexibility index (Phi) is 8.57. The summed E-state index contributed by atoms with van der Waals surface area (Å²) in [5.74, 6) is 0.859. The average Bonchev–Trinajstić information content (AvgIpc) is 2.99. The van der Waals surface area contributed by atoms with E-state index in [1.807, 2.05) is 16.9 Å². The molecule has 0 aliphatic rings. The first-order valence-electron chi connectivity index (χ1n) is 7.39. The van der Waals surface area contributed by atoms with Gasteiger partial charge < -0.3 is 10.6 Å². The Labute approximate surface area is 149 Å². The van der Waals surface area contributed by atoms with Gasteiger partial charge in [-0.3, -0.25) is 4.68 Å². The number of nitrogens with one attached hydrogen (secondary N) is 2. The monoisotopic (exact) mass is 413 g/mol. The van der Waals surface area contributed by atoms with Gasteiger partial charge in [-0.05, 0) is 31.0 Å². The molecule has 0 spiro atoms. The second kappa shape index (κ2) is 10.2. The van der Waals surface area contributed by atoms with Crippen molar-refractivity contribution in [3.8, 4) is 0 Å². The maximum absolute atomic E-state index is 4.58. The first kappa shape index (κ1) is 18.5. The predicted octanol–water partition coefficient (Wildman–Crippen LogP) is 2.62. The van der Waals surface area contributed by atoms with Crippen molar-refractivity contribution in [3.63, 3.8) is 0 Å². The molecule has 2 N–H and O–H groups in total. The molecule has 0 bridgehead atoms. The Bertz CT molecular complexity index is 558. The van der Waals surface area contributed by atoms with E-state index in [9.17, 15) is 0 Å². The number of benzene rings is 1. The third kappa shape index (κ3) is 6.05. The Morgan fingerprint density at radius 1 is 1.14 bits per heavy atom. The van der Waals surface area contributed by atoms with Crippen LogP contribution >= 0.6 is 24.0 Å². The van der Waals surface area contributed by atoms with Crippen LogP contribution in [0.1, 0.15) is 25.0 Å². The summed E-state index contributed by atoms with van der Waals surface area (Å²) in [4.78, 5) is 4.58. The van der Waals surface area contributed by atoms with E-state index in [0.29, 0.717) is 6.54 Å². The Morgan fingerprint density at radius 3 is 2.50 bits per heavy atom. The van der Waals surface area contributed by atoms with Gasteiger partial charge >= 0.3 is 0 Å². The molecule has 2 rings (SSSR count). The van der Waals surface area contributed by atoms with E-state index in [4.69, 9.17) is 0 Å². The van der Waals surface area contributed by atoms with Crippen LogP contribution in [0.2, 0.25) is 0 Å². The highest BCUT2D eigenvalue weighted by atomic mass is 127. The number of aliphatic imine (C=N–C) groups is 1. The normalized spacial score (nSPS) is 9.73. The molecule has 0 fully saturated rings. The van der Waals surface area contributed by atoms with E-state index < -0.39 is 0 Å². The van der Waals surface area contributed by atoms with E-state index in [0.717, 1.165) is 25.6 Å². The molecule has 0 aliphatic carbocycles. The predicted molar refractivity (Wildman–Crippen MR) is 102 cm³/mol. The lowest BCUT2D eigenvalue weighted by Crippen LogP contribution is -2.36. The van der Waals surface area contributed by atoms with Crippen LogP contribution < -0.4 is 10.6 Å². The van der Waals surface area contributed by atoms with Gasteiger partial charge in [-0.15, -0.1) is 24.0 Å². The third-order valence-electron chi connectivity index (χ3n) is 3.00. The summed E-state index contributed by atoms with van der Waals surface area (Å²) in [7, 11) is 0. The van der Waals surface area contributed by atoms with Crippen molar-refractivity contribution >= 4 is 29.9 Å². The topological polar surface area (TPSA) is 54.2 Å². The van der Waals surface area contributed by atoms with Crippen molar-refractivity contribution in [3.05, 3.63) is 53.9 Å². The molecule has 22 heavy (non-hydrogen) atoms. The molecule has 5 nitrogen and oxygen atoms in total. The lowest BCUT2D eigenvalue weighted by molar-refractivity contribution is 0.686. The number of nitrogens with zero attached hydrogens (tertiary/aromatic N) is 3. The minimum absolute atomic E-state index is 0. The summed E-state index contributed by atoms with van der Waals surface area (Å²) in [6.07, 6.45) is 3.77. The summed E-state index contributed by atoms with van der Waals surface area (Å²) < 4.78 is 1.92. The van der Waals surface area contributed by atoms with E-state index in [1.165, 1.54) is 11.1 Å². The summed E-state index contributed by atoms with van der Waals surface area (Å²) in [6, 6.07) is 10.4. The number of hydrogen-bond acceptors (Lipinski definition) is 2.